The van der Waals surface area contributed by atoms with E-state index in [0.717, 1.165) is 37.9 Å². The number of rotatable bonds is 10. The first kappa shape index (κ1) is 17.6. The molecule has 1 aromatic heterocycles. The quantitative estimate of drug-likeness (QED) is 0.721. The number of hydrogen-bond acceptors (Lipinski definition) is 3. The third kappa shape index (κ3) is 7.23. The van der Waals surface area contributed by atoms with Crippen molar-refractivity contribution in [1.29, 1.82) is 0 Å². The molecule has 0 aromatic carbocycles. The molecule has 0 fully saturated rings. The van der Waals surface area contributed by atoms with Crippen LogP contribution < -0.4 is 5.73 Å². The van der Waals surface area contributed by atoms with Crippen LogP contribution in [-0.4, -0.2) is 35.9 Å². The molecule has 4 heteroatoms. The summed E-state index contributed by atoms with van der Waals surface area (Å²) in [5, 5.41) is 0. The Morgan fingerprint density at radius 1 is 1.33 bits per heavy atom. The number of pyridine rings is 1. The van der Waals surface area contributed by atoms with Crippen LogP contribution in [0.2, 0.25) is 0 Å². The predicted octanol–water partition coefficient (Wildman–Crippen LogP) is 2.63. The van der Waals surface area contributed by atoms with Gasteiger partial charge in [-0.15, -0.1) is 0 Å². The Labute approximate surface area is 128 Å². The highest BCUT2D eigenvalue weighted by Crippen LogP contribution is 2.17. The van der Waals surface area contributed by atoms with Gasteiger partial charge in [-0.25, -0.2) is 0 Å². The Kier molecular flexibility index (Phi) is 8.67. The summed E-state index contributed by atoms with van der Waals surface area (Å²) in [5.41, 5.74) is 6.67. The SMILES string of the molecule is CCCC(CCN)CCC(=O)N(C)CCc1ccccn1. The second-order valence-corrected chi connectivity index (χ2v) is 5.66. The van der Waals surface area contributed by atoms with Crippen LogP contribution >= 0.6 is 0 Å². The number of carbonyl (C=O) groups is 1. The Bertz CT molecular complexity index is 388. The highest BCUT2D eigenvalue weighted by Gasteiger charge is 2.13. The first-order valence-corrected chi connectivity index (χ1v) is 8.01. The molecule has 2 N–H and O–H groups in total. The molecule has 1 rings (SSSR count). The second kappa shape index (κ2) is 10.3. The van der Waals surface area contributed by atoms with Gasteiger partial charge in [0.05, 0.1) is 0 Å². The molecule has 0 aliphatic heterocycles. The third-order valence-corrected chi connectivity index (χ3v) is 3.89. The fraction of sp³-hybridized carbons (Fsp3) is 0.647. The minimum Gasteiger partial charge on any atom is -0.345 e. The zero-order chi connectivity index (χ0) is 15.5. The van der Waals surface area contributed by atoms with Crippen LogP contribution in [0.5, 0.6) is 0 Å². The standard InChI is InChI=1S/C17H29N3O/c1-3-6-15(10-12-18)8-9-17(21)20(2)14-11-16-7-4-5-13-19-16/h4-5,7,13,15H,3,6,8-12,14,18H2,1-2H3. The van der Waals surface area contributed by atoms with Gasteiger partial charge in [0, 0.05) is 38.3 Å². The maximum Gasteiger partial charge on any atom is 0.222 e. The average Bonchev–Trinajstić information content (AvgIpc) is 2.51. The Morgan fingerprint density at radius 2 is 2.14 bits per heavy atom. The van der Waals surface area contributed by atoms with Crippen LogP contribution in [0, 0.1) is 5.92 Å². The fourth-order valence-electron chi connectivity index (χ4n) is 2.55. The highest BCUT2D eigenvalue weighted by atomic mass is 16.2. The summed E-state index contributed by atoms with van der Waals surface area (Å²) in [6.07, 6.45) is 7.54. The van der Waals surface area contributed by atoms with Crippen LogP contribution in [0.15, 0.2) is 24.4 Å². The Morgan fingerprint density at radius 3 is 2.76 bits per heavy atom. The number of nitrogens with two attached hydrogens (primary N) is 1. The van der Waals surface area contributed by atoms with Gasteiger partial charge in [-0.05, 0) is 37.4 Å². The molecule has 1 unspecified atom stereocenters. The van der Waals surface area contributed by atoms with E-state index in [-0.39, 0.29) is 5.91 Å². The molecular weight excluding hydrogens is 262 g/mol. The topological polar surface area (TPSA) is 59.2 Å². The molecule has 0 aliphatic carbocycles. The smallest absolute Gasteiger partial charge is 0.222 e. The van der Waals surface area contributed by atoms with Gasteiger partial charge < -0.3 is 10.6 Å². The molecule has 1 aromatic rings. The zero-order valence-corrected chi connectivity index (χ0v) is 13.4. The van der Waals surface area contributed by atoms with Gasteiger partial charge in [0.1, 0.15) is 0 Å². The summed E-state index contributed by atoms with van der Waals surface area (Å²) in [4.78, 5) is 18.3. The van der Waals surface area contributed by atoms with Crippen molar-refractivity contribution in [2.45, 2.75) is 45.4 Å². The molecule has 1 heterocycles. The van der Waals surface area contributed by atoms with Crippen LogP contribution in [0.3, 0.4) is 0 Å². The van der Waals surface area contributed by atoms with Crippen molar-refractivity contribution < 1.29 is 4.79 Å². The van der Waals surface area contributed by atoms with Crippen LogP contribution in [0.4, 0.5) is 0 Å². The minimum absolute atomic E-state index is 0.226. The van der Waals surface area contributed by atoms with E-state index in [1.807, 2.05) is 30.1 Å². The Balaban J connectivity index is 2.30. The van der Waals surface area contributed by atoms with Crippen LogP contribution in [-0.2, 0) is 11.2 Å². The Hall–Kier alpha value is -1.42. The summed E-state index contributed by atoms with van der Waals surface area (Å²) in [6.45, 7) is 3.63. The summed E-state index contributed by atoms with van der Waals surface area (Å²) < 4.78 is 0. The third-order valence-electron chi connectivity index (χ3n) is 3.89. The number of hydrogen-bond donors (Lipinski definition) is 1. The summed E-state index contributed by atoms with van der Waals surface area (Å²) in [5.74, 6) is 0.817. The number of amides is 1. The largest absolute Gasteiger partial charge is 0.345 e. The highest BCUT2D eigenvalue weighted by molar-refractivity contribution is 5.75. The molecular formula is C17H29N3O. The molecule has 0 aliphatic rings. The lowest BCUT2D eigenvalue weighted by Gasteiger charge is -2.19. The molecule has 0 saturated heterocycles. The number of likely N-dealkylation sites (N-methyl/N-ethyl adjacent to an activating group) is 1. The van der Waals surface area contributed by atoms with Gasteiger partial charge in [-0.1, -0.05) is 25.8 Å². The van der Waals surface area contributed by atoms with Crippen molar-refractivity contribution in [3.05, 3.63) is 30.1 Å². The molecule has 21 heavy (non-hydrogen) atoms. The first-order valence-electron chi connectivity index (χ1n) is 8.01. The van der Waals surface area contributed by atoms with Gasteiger partial charge in [0.2, 0.25) is 5.91 Å². The number of carbonyl (C=O) groups excluding carboxylic acids is 1. The van der Waals surface area contributed by atoms with Gasteiger partial charge in [0.15, 0.2) is 0 Å². The lowest BCUT2D eigenvalue weighted by molar-refractivity contribution is -0.130. The monoisotopic (exact) mass is 291 g/mol. The van der Waals surface area contributed by atoms with Crippen molar-refractivity contribution in [3.8, 4) is 0 Å². The van der Waals surface area contributed by atoms with E-state index in [1.165, 1.54) is 6.42 Å². The lowest BCUT2D eigenvalue weighted by atomic mass is 9.94. The second-order valence-electron chi connectivity index (χ2n) is 5.66. The van der Waals surface area contributed by atoms with Gasteiger partial charge in [-0.2, -0.15) is 0 Å². The summed E-state index contributed by atoms with van der Waals surface area (Å²) in [6, 6.07) is 5.88. The van der Waals surface area contributed by atoms with E-state index in [0.29, 0.717) is 18.9 Å². The molecule has 118 valence electrons. The fourth-order valence-corrected chi connectivity index (χ4v) is 2.55. The van der Waals surface area contributed by atoms with Gasteiger partial charge in [-0.3, -0.25) is 9.78 Å². The van der Waals surface area contributed by atoms with Crippen molar-refractivity contribution in [1.82, 2.24) is 9.88 Å². The molecule has 1 amide bonds. The van der Waals surface area contributed by atoms with E-state index in [1.54, 1.807) is 6.20 Å². The van der Waals surface area contributed by atoms with Crippen molar-refractivity contribution >= 4 is 5.91 Å². The summed E-state index contributed by atoms with van der Waals surface area (Å²) in [7, 11) is 1.88. The zero-order valence-electron chi connectivity index (χ0n) is 13.4. The van der Waals surface area contributed by atoms with E-state index < -0.39 is 0 Å². The van der Waals surface area contributed by atoms with Crippen molar-refractivity contribution in [2.24, 2.45) is 11.7 Å². The normalized spacial score (nSPS) is 12.1. The number of nitrogens with zero attached hydrogens (tertiary/aromatic N) is 2. The first-order chi connectivity index (χ1) is 10.2. The molecule has 0 radical (unpaired) electrons. The molecule has 1 atom stereocenters. The van der Waals surface area contributed by atoms with Crippen LogP contribution in [0.1, 0.15) is 44.7 Å². The van der Waals surface area contributed by atoms with E-state index in [9.17, 15) is 4.79 Å². The number of aromatic nitrogens is 1. The maximum absolute atomic E-state index is 12.2. The molecule has 0 spiro atoms. The molecule has 0 bridgehead atoms. The van der Waals surface area contributed by atoms with Crippen molar-refractivity contribution in [2.75, 3.05) is 20.1 Å². The average molecular weight is 291 g/mol. The van der Waals surface area contributed by atoms with E-state index >= 15 is 0 Å². The van der Waals surface area contributed by atoms with Gasteiger partial charge >= 0.3 is 0 Å². The lowest BCUT2D eigenvalue weighted by Crippen LogP contribution is -2.29. The maximum atomic E-state index is 12.2. The molecule has 4 nitrogen and oxygen atoms in total. The summed E-state index contributed by atoms with van der Waals surface area (Å²) >= 11 is 0. The minimum atomic E-state index is 0.226. The van der Waals surface area contributed by atoms with E-state index in [2.05, 4.69) is 11.9 Å². The predicted molar refractivity (Wildman–Crippen MR) is 86.9 cm³/mol. The van der Waals surface area contributed by atoms with Gasteiger partial charge in [0.25, 0.3) is 0 Å². The van der Waals surface area contributed by atoms with Crippen LogP contribution in [0.25, 0.3) is 0 Å². The molecule has 0 saturated carbocycles. The van der Waals surface area contributed by atoms with Crippen molar-refractivity contribution in [3.63, 3.8) is 0 Å². The van der Waals surface area contributed by atoms with E-state index in [4.69, 9.17) is 5.73 Å².